The van der Waals surface area contributed by atoms with Gasteiger partial charge in [-0.15, -0.1) is 0 Å². The van der Waals surface area contributed by atoms with Crippen molar-refractivity contribution in [2.75, 3.05) is 13.1 Å². The zero-order valence-electron chi connectivity index (χ0n) is 25.8. The molecule has 1 amide bonds. The molecule has 2 aliphatic heterocycles. The monoisotopic (exact) mass is 649 g/mol. The number of aryl methyl sites for hydroxylation is 1. The second-order valence-corrected chi connectivity index (χ2v) is 14.6. The fraction of sp³-hybridized carbons (Fsp3) is 0.353. The van der Waals surface area contributed by atoms with Crippen molar-refractivity contribution in [1.82, 2.24) is 14.8 Å². The Morgan fingerprint density at radius 2 is 1.76 bits per heavy atom. The van der Waals surface area contributed by atoms with Crippen molar-refractivity contribution in [1.29, 1.82) is 0 Å². The van der Waals surface area contributed by atoms with Gasteiger partial charge in [0.1, 0.15) is 16.2 Å². The van der Waals surface area contributed by atoms with E-state index in [1.165, 1.54) is 42.0 Å². The molecule has 0 spiro atoms. The maximum Gasteiger partial charge on any atom is 0.419 e. The number of aromatic nitrogens is 1. The predicted octanol–water partition coefficient (Wildman–Crippen LogP) is 7.05. The van der Waals surface area contributed by atoms with Crippen LogP contribution >= 0.6 is 11.6 Å². The number of rotatable bonds is 6. The number of piperidine rings is 1. The van der Waals surface area contributed by atoms with Crippen molar-refractivity contribution in [3.05, 3.63) is 81.9 Å². The zero-order chi connectivity index (χ0) is 32.1. The maximum atomic E-state index is 13.7. The Hall–Kier alpha value is -3.86. The second kappa shape index (κ2) is 11.8. The van der Waals surface area contributed by atoms with Crippen LogP contribution in [0.2, 0.25) is 5.02 Å². The number of hydrogen-bond donors (Lipinski definition) is 1. The Morgan fingerprint density at radius 1 is 1.00 bits per heavy atom. The van der Waals surface area contributed by atoms with Gasteiger partial charge < -0.3 is 14.2 Å². The van der Waals surface area contributed by atoms with Crippen molar-refractivity contribution < 1.29 is 26.9 Å². The summed E-state index contributed by atoms with van der Waals surface area (Å²) in [6.07, 6.45) is 3.05. The highest BCUT2D eigenvalue weighted by molar-refractivity contribution is 7.87. The van der Waals surface area contributed by atoms with Gasteiger partial charge in [0.2, 0.25) is 0 Å². The molecule has 236 valence electrons. The number of carbonyl (C=O) groups is 2. The summed E-state index contributed by atoms with van der Waals surface area (Å²) in [5.74, 6) is -0.374. The standard InChI is InChI=1S/C34H36ClN3O6S/c1-21-8-10-24(18-27(21)35)45(41,42)44-30-13-11-25(31-26(30)19-36-32(31)39)29-17-23-16-22(20-37-14-6-5-7-15-37)9-12-28(23)38(29)33(40)43-34(2,3)4/h8-13,16-18H,5-7,14-15,19-20H2,1-4H3,(H,36,39). The molecule has 0 radical (unpaired) electrons. The number of halogens is 1. The van der Waals surface area contributed by atoms with Crippen LogP contribution in [0.15, 0.2) is 59.5 Å². The molecule has 11 heteroatoms. The smallest absolute Gasteiger partial charge is 0.419 e. The van der Waals surface area contributed by atoms with Crippen LogP contribution in [0, 0.1) is 6.92 Å². The molecule has 1 N–H and O–H groups in total. The van der Waals surface area contributed by atoms with Crippen LogP contribution in [0.5, 0.6) is 5.75 Å². The Labute approximate surface area is 268 Å². The molecule has 2 aliphatic rings. The molecule has 6 rings (SSSR count). The van der Waals surface area contributed by atoms with Crippen molar-refractivity contribution in [3.63, 3.8) is 0 Å². The molecule has 0 atom stereocenters. The molecular formula is C34H36ClN3O6S. The van der Waals surface area contributed by atoms with E-state index in [1.54, 1.807) is 39.8 Å². The highest BCUT2D eigenvalue weighted by atomic mass is 35.5. The first-order valence-electron chi connectivity index (χ1n) is 15.1. The van der Waals surface area contributed by atoms with E-state index in [2.05, 4.69) is 16.3 Å². The normalized spacial score (nSPS) is 15.6. The summed E-state index contributed by atoms with van der Waals surface area (Å²) >= 11 is 6.18. The van der Waals surface area contributed by atoms with Crippen molar-refractivity contribution in [2.24, 2.45) is 0 Å². The van der Waals surface area contributed by atoms with Crippen molar-refractivity contribution in [3.8, 4) is 17.0 Å². The third-order valence-corrected chi connectivity index (χ3v) is 9.76. The summed E-state index contributed by atoms with van der Waals surface area (Å²) in [7, 11) is -4.26. The number of hydrogen-bond acceptors (Lipinski definition) is 7. The molecular weight excluding hydrogens is 614 g/mol. The van der Waals surface area contributed by atoms with Crippen LogP contribution in [0.4, 0.5) is 4.79 Å². The summed E-state index contributed by atoms with van der Waals surface area (Å²) in [5, 5.41) is 3.91. The van der Waals surface area contributed by atoms with Crippen molar-refractivity contribution >= 4 is 44.6 Å². The largest absolute Gasteiger partial charge is 0.443 e. The summed E-state index contributed by atoms with van der Waals surface area (Å²) in [6.45, 7) is 10.2. The average Bonchev–Trinajstić information content (AvgIpc) is 3.55. The fourth-order valence-electron chi connectivity index (χ4n) is 5.95. The first-order valence-corrected chi connectivity index (χ1v) is 16.8. The lowest BCUT2D eigenvalue weighted by molar-refractivity contribution is 0.0546. The lowest BCUT2D eigenvalue weighted by Gasteiger charge is -2.26. The van der Waals surface area contributed by atoms with E-state index in [9.17, 15) is 18.0 Å². The molecule has 0 unspecified atom stereocenters. The molecule has 1 saturated heterocycles. The third kappa shape index (κ3) is 6.32. The Bertz CT molecular complexity index is 1940. The van der Waals surface area contributed by atoms with Crippen LogP contribution < -0.4 is 9.50 Å². The topological polar surface area (TPSA) is 107 Å². The molecule has 3 heterocycles. The van der Waals surface area contributed by atoms with Gasteiger partial charge in [0, 0.05) is 34.6 Å². The lowest BCUT2D eigenvalue weighted by atomic mass is 9.99. The van der Waals surface area contributed by atoms with E-state index in [1.807, 2.05) is 18.2 Å². The molecule has 1 aromatic heterocycles. The maximum absolute atomic E-state index is 13.7. The number of nitrogens with zero attached hydrogens (tertiary/aromatic N) is 2. The van der Waals surface area contributed by atoms with Gasteiger partial charge in [-0.25, -0.2) is 9.36 Å². The van der Waals surface area contributed by atoms with Gasteiger partial charge in [-0.05, 0) is 107 Å². The molecule has 45 heavy (non-hydrogen) atoms. The van der Waals surface area contributed by atoms with E-state index in [4.69, 9.17) is 20.5 Å². The number of amides is 1. The Kier molecular flexibility index (Phi) is 8.18. The molecule has 3 aromatic carbocycles. The minimum absolute atomic E-state index is 0.0209. The number of likely N-dealkylation sites (tertiary alicyclic amines) is 1. The molecule has 0 saturated carbocycles. The second-order valence-electron chi connectivity index (χ2n) is 12.7. The molecule has 4 aromatic rings. The summed E-state index contributed by atoms with van der Waals surface area (Å²) < 4.78 is 39.3. The predicted molar refractivity (Wildman–Crippen MR) is 173 cm³/mol. The first kappa shape index (κ1) is 31.1. The number of benzene rings is 3. The van der Waals surface area contributed by atoms with Gasteiger partial charge in [-0.2, -0.15) is 8.42 Å². The van der Waals surface area contributed by atoms with Gasteiger partial charge in [0.15, 0.2) is 0 Å². The number of nitrogens with one attached hydrogen (secondary N) is 1. The quantitative estimate of drug-likeness (QED) is 0.223. The van der Waals surface area contributed by atoms with Crippen LogP contribution in [0.1, 0.15) is 67.1 Å². The van der Waals surface area contributed by atoms with Gasteiger partial charge in [-0.1, -0.05) is 30.2 Å². The van der Waals surface area contributed by atoms with Crippen molar-refractivity contribution in [2.45, 2.75) is 70.5 Å². The van der Waals surface area contributed by atoms with Crippen LogP contribution in [-0.4, -0.2) is 48.6 Å². The van der Waals surface area contributed by atoms with Gasteiger partial charge in [0.25, 0.3) is 5.91 Å². The Morgan fingerprint density at radius 3 is 2.47 bits per heavy atom. The number of carbonyl (C=O) groups excluding carboxylic acids is 2. The molecule has 1 fully saturated rings. The molecule has 0 bridgehead atoms. The fourth-order valence-corrected chi connectivity index (χ4v) is 7.18. The van der Waals surface area contributed by atoms with E-state index in [0.29, 0.717) is 27.4 Å². The SMILES string of the molecule is Cc1ccc(S(=O)(=O)Oc2ccc(-c3cc4cc(CN5CCCCC5)ccc4n3C(=O)OC(C)(C)C)c3c2CNC3=O)cc1Cl. The number of fused-ring (bicyclic) bond motifs is 2. The minimum atomic E-state index is -4.26. The third-order valence-electron chi connectivity index (χ3n) is 8.13. The van der Waals surface area contributed by atoms with Crippen LogP contribution in [-0.2, 0) is 27.9 Å². The molecule has 9 nitrogen and oxygen atoms in total. The average molecular weight is 650 g/mol. The summed E-state index contributed by atoms with van der Waals surface area (Å²) in [4.78, 5) is 29.3. The van der Waals surface area contributed by atoms with E-state index in [0.717, 1.165) is 36.1 Å². The van der Waals surface area contributed by atoms with E-state index < -0.39 is 27.7 Å². The summed E-state index contributed by atoms with van der Waals surface area (Å²) in [6, 6.07) is 15.4. The Balaban J connectivity index is 1.45. The van der Waals surface area contributed by atoms with Gasteiger partial charge >= 0.3 is 16.2 Å². The van der Waals surface area contributed by atoms with Crippen LogP contribution in [0.3, 0.4) is 0 Å². The van der Waals surface area contributed by atoms with Gasteiger partial charge in [0.05, 0.1) is 16.8 Å². The van der Waals surface area contributed by atoms with Crippen LogP contribution in [0.25, 0.3) is 22.2 Å². The number of ether oxygens (including phenoxy) is 1. The summed E-state index contributed by atoms with van der Waals surface area (Å²) in [5.41, 5.74) is 3.29. The highest BCUT2D eigenvalue weighted by Crippen LogP contribution is 2.39. The first-order chi connectivity index (χ1) is 21.3. The molecule has 0 aliphatic carbocycles. The van der Waals surface area contributed by atoms with E-state index in [-0.39, 0.29) is 22.8 Å². The van der Waals surface area contributed by atoms with E-state index >= 15 is 0 Å². The lowest BCUT2D eigenvalue weighted by Crippen LogP contribution is -2.29. The highest BCUT2D eigenvalue weighted by Gasteiger charge is 2.32. The minimum Gasteiger partial charge on any atom is -0.443 e. The zero-order valence-corrected chi connectivity index (χ0v) is 27.3. The van der Waals surface area contributed by atoms with Gasteiger partial charge in [-0.3, -0.25) is 9.69 Å².